The molecule has 8 heteroatoms. The largest absolute Gasteiger partial charge is 0.459 e. The van der Waals surface area contributed by atoms with Crippen LogP contribution in [0.4, 0.5) is 5.13 Å². The summed E-state index contributed by atoms with van der Waals surface area (Å²) in [4.78, 5) is 19.0. The molecule has 0 radical (unpaired) electrons. The standard InChI is InChI=1S/C14H15ClN4O2S/c15-12-11(9-16-18-13(20)10-5-4-8-21-10)22-14(17-12)19-6-2-1-3-7-19/h4-5,8-9H,1-3,6-7H2,(H,18,20)/b16-9-. The van der Waals surface area contributed by atoms with Gasteiger partial charge in [-0.1, -0.05) is 22.9 Å². The van der Waals surface area contributed by atoms with E-state index in [1.165, 1.54) is 43.1 Å². The molecule has 0 aliphatic carbocycles. The molecule has 2 aromatic heterocycles. The van der Waals surface area contributed by atoms with Crippen LogP contribution in [0.2, 0.25) is 5.15 Å². The molecule has 0 aromatic carbocycles. The number of rotatable bonds is 4. The molecule has 1 N–H and O–H groups in total. The van der Waals surface area contributed by atoms with Crippen LogP contribution in [-0.4, -0.2) is 30.2 Å². The van der Waals surface area contributed by atoms with Crippen molar-refractivity contribution in [1.82, 2.24) is 10.4 Å². The molecule has 0 spiro atoms. The molecule has 116 valence electrons. The van der Waals surface area contributed by atoms with E-state index in [-0.39, 0.29) is 5.76 Å². The Bertz CT molecular complexity index is 662. The zero-order valence-electron chi connectivity index (χ0n) is 11.8. The van der Waals surface area contributed by atoms with Gasteiger partial charge in [-0.15, -0.1) is 0 Å². The lowest BCUT2D eigenvalue weighted by molar-refractivity contribution is 0.0927. The maximum Gasteiger partial charge on any atom is 0.307 e. The SMILES string of the molecule is O=C(N/N=C\c1sc(N2CCCCC2)nc1Cl)c1ccco1. The number of carbonyl (C=O) groups is 1. The molecule has 1 fully saturated rings. The van der Waals surface area contributed by atoms with E-state index in [4.69, 9.17) is 16.0 Å². The van der Waals surface area contributed by atoms with Gasteiger partial charge < -0.3 is 9.32 Å². The summed E-state index contributed by atoms with van der Waals surface area (Å²) < 4.78 is 4.98. The highest BCUT2D eigenvalue weighted by molar-refractivity contribution is 7.17. The van der Waals surface area contributed by atoms with Gasteiger partial charge in [0.2, 0.25) is 0 Å². The molecule has 6 nitrogen and oxygen atoms in total. The first kappa shape index (κ1) is 15.1. The van der Waals surface area contributed by atoms with Gasteiger partial charge >= 0.3 is 5.91 Å². The molecule has 1 amide bonds. The lowest BCUT2D eigenvalue weighted by atomic mass is 10.1. The molecule has 0 unspecified atom stereocenters. The minimum Gasteiger partial charge on any atom is -0.459 e. The minimum atomic E-state index is -0.404. The molecule has 3 rings (SSSR count). The number of halogens is 1. The number of hydrazone groups is 1. The summed E-state index contributed by atoms with van der Waals surface area (Å²) in [6.45, 7) is 2.02. The van der Waals surface area contributed by atoms with Crippen molar-refractivity contribution in [3.63, 3.8) is 0 Å². The maximum atomic E-state index is 11.7. The second-order valence-corrected chi connectivity index (χ2v) is 6.24. The van der Waals surface area contributed by atoms with Crippen LogP contribution in [0.1, 0.15) is 34.7 Å². The number of thiazole rings is 1. The summed E-state index contributed by atoms with van der Waals surface area (Å²) in [5.74, 6) is -0.195. The van der Waals surface area contributed by atoms with Gasteiger partial charge in [-0.3, -0.25) is 4.79 Å². The Hall–Kier alpha value is -1.86. The van der Waals surface area contributed by atoms with Crippen LogP contribution in [0.3, 0.4) is 0 Å². The topological polar surface area (TPSA) is 70.7 Å². The Morgan fingerprint density at radius 2 is 2.27 bits per heavy atom. The second-order valence-electron chi connectivity index (χ2n) is 4.88. The van der Waals surface area contributed by atoms with Crippen molar-refractivity contribution in [3.8, 4) is 0 Å². The van der Waals surface area contributed by atoms with Crippen LogP contribution in [0, 0.1) is 0 Å². The number of aromatic nitrogens is 1. The summed E-state index contributed by atoms with van der Waals surface area (Å²) >= 11 is 7.60. The quantitative estimate of drug-likeness (QED) is 0.686. The Labute approximate surface area is 136 Å². The third-order valence-corrected chi connectivity index (χ3v) is 4.77. The van der Waals surface area contributed by atoms with E-state index in [1.807, 2.05) is 0 Å². The Morgan fingerprint density at radius 1 is 1.45 bits per heavy atom. The number of hydrogen-bond acceptors (Lipinski definition) is 6. The molecule has 1 saturated heterocycles. The Balaban J connectivity index is 1.63. The van der Waals surface area contributed by atoms with Crippen LogP contribution in [0.15, 0.2) is 27.9 Å². The molecule has 1 aliphatic heterocycles. The zero-order valence-corrected chi connectivity index (χ0v) is 13.4. The highest BCUT2D eigenvalue weighted by Crippen LogP contribution is 2.30. The van der Waals surface area contributed by atoms with Gasteiger partial charge in [0.25, 0.3) is 0 Å². The Kier molecular flexibility index (Phi) is 4.74. The number of amides is 1. The Morgan fingerprint density at radius 3 is 3.00 bits per heavy atom. The normalized spacial score (nSPS) is 15.4. The molecule has 2 aromatic rings. The number of nitrogens with zero attached hydrogens (tertiary/aromatic N) is 3. The van der Waals surface area contributed by atoms with E-state index in [1.54, 1.807) is 12.1 Å². The predicted molar refractivity (Wildman–Crippen MR) is 87.0 cm³/mol. The third-order valence-electron chi connectivity index (χ3n) is 3.32. The number of hydrogen-bond donors (Lipinski definition) is 1. The van der Waals surface area contributed by atoms with Crippen LogP contribution in [-0.2, 0) is 0 Å². The lowest BCUT2D eigenvalue weighted by Crippen LogP contribution is -2.29. The van der Waals surface area contributed by atoms with Crippen molar-refractivity contribution in [2.75, 3.05) is 18.0 Å². The van der Waals surface area contributed by atoms with Gasteiger partial charge in [-0.25, -0.2) is 10.4 Å². The summed E-state index contributed by atoms with van der Waals surface area (Å²) in [7, 11) is 0. The maximum absolute atomic E-state index is 11.7. The van der Waals surface area contributed by atoms with Crippen molar-refractivity contribution in [2.24, 2.45) is 5.10 Å². The molecule has 0 atom stereocenters. The van der Waals surface area contributed by atoms with Crippen molar-refractivity contribution in [1.29, 1.82) is 0 Å². The average Bonchev–Trinajstić information content (AvgIpc) is 3.18. The summed E-state index contributed by atoms with van der Waals surface area (Å²) in [5.41, 5.74) is 2.39. The van der Waals surface area contributed by atoms with Gasteiger partial charge in [0.15, 0.2) is 16.0 Å². The number of anilines is 1. The highest BCUT2D eigenvalue weighted by atomic mass is 35.5. The first-order valence-corrected chi connectivity index (χ1v) is 8.21. The van der Waals surface area contributed by atoms with Crippen LogP contribution >= 0.6 is 22.9 Å². The number of nitrogens with one attached hydrogen (secondary N) is 1. The highest BCUT2D eigenvalue weighted by Gasteiger charge is 2.16. The van der Waals surface area contributed by atoms with E-state index in [0.717, 1.165) is 23.1 Å². The summed E-state index contributed by atoms with van der Waals surface area (Å²) in [6, 6.07) is 3.21. The first-order chi connectivity index (χ1) is 10.7. The predicted octanol–water partition coefficient (Wildman–Crippen LogP) is 3.14. The fraction of sp³-hybridized carbons (Fsp3) is 0.357. The van der Waals surface area contributed by atoms with Crippen molar-refractivity contribution >= 4 is 40.2 Å². The number of carbonyl (C=O) groups excluding carboxylic acids is 1. The fourth-order valence-corrected chi connectivity index (χ4v) is 3.39. The number of piperidine rings is 1. The minimum absolute atomic E-state index is 0.210. The van der Waals surface area contributed by atoms with Gasteiger partial charge in [0.05, 0.1) is 17.4 Å². The lowest BCUT2D eigenvalue weighted by Gasteiger charge is -2.25. The van der Waals surface area contributed by atoms with Gasteiger partial charge in [-0.05, 0) is 31.4 Å². The number of furan rings is 1. The van der Waals surface area contributed by atoms with Crippen LogP contribution in [0.25, 0.3) is 0 Å². The zero-order chi connectivity index (χ0) is 15.4. The summed E-state index contributed by atoms with van der Waals surface area (Å²) in [5, 5.41) is 5.21. The molecular weight excluding hydrogens is 324 g/mol. The molecule has 3 heterocycles. The van der Waals surface area contributed by atoms with Crippen molar-refractivity contribution in [3.05, 3.63) is 34.2 Å². The van der Waals surface area contributed by atoms with Gasteiger partial charge in [0, 0.05) is 13.1 Å². The van der Waals surface area contributed by atoms with Crippen molar-refractivity contribution in [2.45, 2.75) is 19.3 Å². The molecule has 0 saturated carbocycles. The average molecular weight is 339 g/mol. The van der Waals surface area contributed by atoms with E-state index in [0.29, 0.717) is 5.15 Å². The summed E-state index contributed by atoms with van der Waals surface area (Å²) in [6.07, 6.45) is 6.57. The van der Waals surface area contributed by atoms with E-state index in [9.17, 15) is 4.79 Å². The molecule has 0 bridgehead atoms. The monoisotopic (exact) mass is 338 g/mol. The van der Waals surface area contributed by atoms with E-state index >= 15 is 0 Å². The molecular formula is C14H15ClN4O2S. The van der Waals surface area contributed by atoms with E-state index in [2.05, 4.69) is 20.4 Å². The molecule has 22 heavy (non-hydrogen) atoms. The van der Waals surface area contributed by atoms with E-state index < -0.39 is 5.91 Å². The molecule has 1 aliphatic rings. The first-order valence-electron chi connectivity index (χ1n) is 7.02. The fourth-order valence-electron chi connectivity index (χ4n) is 2.21. The van der Waals surface area contributed by atoms with Crippen LogP contribution in [0.5, 0.6) is 0 Å². The third kappa shape index (κ3) is 3.48. The van der Waals surface area contributed by atoms with Gasteiger partial charge in [0.1, 0.15) is 0 Å². The van der Waals surface area contributed by atoms with Crippen LogP contribution < -0.4 is 10.3 Å². The van der Waals surface area contributed by atoms with Gasteiger partial charge in [-0.2, -0.15) is 5.10 Å². The smallest absolute Gasteiger partial charge is 0.307 e. The van der Waals surface area contributed by atoms with Crippen molar-refractivity contribution < 1.29 is 9.21 Å². The second kappa shape index (κ2) is 6.93.